The van der Waals surface area contributed by atoms with Gasteiger partial charge in [-0.05, 0) is 88.3 Å². The molecule has 0 spiro atoms. The van der Waals surface area contributed by atoms with Crippen LogP contribution in [0.25, 0.3) is 0 Å². The van der Waals surface area contributed by atoms with Crippen LogP contribution in [0.1, 0.15) is 92.9 Å². The van der Waals surface area contributed by atoms with Gasteiger partial charge in [-0.25, -0.2) is 0 Å². The standard InChI is InChI=1S/C22H38O5.2C18H28O4/c1-6-25-21(26-7-2)16-24-15-20(13-19-11-9-8-10-12-19)22(18(5)23)27-14-17(3)4;1-13(2)10-21-18-14(3)22-17(19)12-20-11-16(18)9-15-7-5-4-6-8-15;1-14(2)12-22-18(15(3)20)17(13-21-10-9-19)11-16-7-5-4-6-8-16/h8-12,17-18,20-23H,6-7,13-16H2,1-5H3;4-8,13-14,16-19H,9-12H2,1-3H3;4-9,14-15,17-18,20H,10-13H2,1-3H3/t18-,20-,22-;14-,16-,17?,18-;15-,17-,18-/m000/s1. The minimum atomic E-state index is -0.877. The van der Waals surface area contributed by atoms with Gasteiger partial charge in [-0.15, -0.1) is 0 Å². The zero-order valence-electron chi connectivity index (χ0n) is 45.1. The second kappa shape index (κ2) is 38.4. The van der Waals surface area contributed by atoms with Crippen molar-refractivity contribution in [1.82, 2.24) is 0 Å². The molecule has 4 rings (SSSR count). The first-order valence-corrected chi connectivity index (χ1v) is 26.1. The van der Waals surface area contributed by atoms with Crippen LogP contribution in [-0.4, -0.2) is 143 Å². The number of aliphatic hydroxyl groups excluding tert-OH is 3. The van der Waals surface area contributed by atoms with E-state index in [2.05, 4.69) is 65.8 Å². The summed E-state index contributed by atoms with van der Waals surface area (Å²) < 4.78 is 51.7. The van der Waals surface area contributed by atoms with E-state index in [0.717, 1.165) is 25.5 Å². The highest BCUT2D eigenvalue weighted by atomic mass is 16.7. The molecule has 10 atom stereocenters. The van der Waals surface area contributed by atoms with Gasteiger partial charge in [0.15, 0.2) is 12.6 Å². The first kappa shape index (κ1) is 64.0. The minimum absolute atomic E-state index is 0.00102. The van der Waals surface area contributed by atoms with Crippen molar-refractivity contribution < 1.29 is 62.7 Å². The first-order valence-electron chi connectivity index (χ1n) is 26.1. The summed E-state index contributed by atoms with van der Waals surface area (Å²) in [6.45, 7) is 27.1. The molecule has 13 heteroatoms. The normalized spacial score (nSPS) is 19.9. The monoisotopic (exact) mass is 999 g/mol. The van der Waals surface area contributed by atoms with Gasteiger partial charge in [-0.1, -0.05) is 133 Å². The Kier molecular flexibility index (Phi) is 34.6. The number of hydrogen-bond acceptors (Lipinski definition) is 13. The van der Waals surface area contributed by atoms with Gasteiger partial charge in [0.25, 0.3) is 0 Å². The van der Waals surface area contributed by atoms with Crippen LogP contribution < -0.4 is 0 Å². The molecular weight excluding hydrogens is 905 g/mol. The van der Waals surface area contributed by atoms with Gasteiger partial charge in [0, 0.05) is 50.8 Å². The molecule has 1 aliphatic heterocycles. The highest BCUT2D eigenvalue weighted by Gasteiger charge is 2.33. The van der Waals surface area contributed by atoms with Crippen LogP contribution >= 0.6 is 0 Å². The molecule has 0 saturated carbocycles. The van der Waals surface area contributed by atoms with Crippen molar-refractivity contribution >= 4 is 6.29 Å². The Balaban J connectivity index is 0.000000368. The second-order valence-corrected chi connectivity index (χ2v) is 19.8. The van der Waals surface area contributed by atoms with Crippen molar-refractivity contribution in [1.29, 1.82) is 0 Å². The lowest BCUT2D eigenvalue weighted by Gasteiger charge is -2.35. The molecule has 1 saturated heterocycles. The van der Waals surface area contributed by atoms with Crippen LogP contribution in [0.4, 0.5) is 0 Å². The van der Waals surface area contributed by atoms with E-state index in [1.54, 1.807) is 13.8 Å². The number of hydrogen-bond donors (Lipinski definition) is 3. The van der Waals surface area contributed by atoms with Crippen LogP contribution in [0.2, 0.25) is 0 Å². The van der Waals surface area contributed by atoms with E-state index in [0.29, 0.717) is 77.2 Å². The lowest BCUT2D eigenvalue weighted by molar-refractivity contribution is -0.222. The van der Waals surface area contributed by atoms with Gasteiger partial charge in [0.1, 0.15) is 12.9 Å². The van der Waals surface area contributed by atoms with Gasteiger partial charge in [0.2, 0.25) is 0 Å². The molecule has 1 fully saturated rings. The zero-order chi connectivity index (χ0) is 52.4. The quantitative estimate of drug-likeness (QED) is 0.0319. The number of rotatable bonds is 31. The zero-order valence-corrected chi connectivity index (χ0v) is 45.1. The van der Waals surface area contributed by atoms with Gasteiger partial charge in [-0.2, -0.15) is 0 Å². The molecule has 1 heterocycles. The average molecular weight is 999 g/mol. The fourth-order valence-electron chi connectivity index (χ4n) is 8.25. The van der Waals surface area contributed by atoms with E-state index in [-0.39, 0.29) is 61.7 Å². The van der Waals surface area contributed by atoms with Crippen LogP contribution in [0.3, 0.4) is 0 Å². The van der Waals surface area contributed by atoms with E-state index in [1.807, 2.05) is 87.5 Å². The van der Waals surface area contributed by atoms with Crippen molar-refractivity contribution in [2.75, 3.05) is 72.7 Å². The molecule has 404 valence electrons. The Bertz CT molecular complexity index is 1670. The molecule has 0 bridgehead atoms. The van der Waals surface area contributed by atoms with Crippen molar-refractivity contribution in [2.45, 2.75) is 145 Å². The van der Waals surface area contributed by atoms with Gasteiger partial charge >= 0.3 is 0 Å². The third-order valence-electron chi connectivity index (χ3n) is 11.5. The smallest absolute Gasteiger partial charge is 0.180 e. The van der Waals surface area contributed by atoms with E-state index >= 15 is 0 Å². The molecule has 0 aromatic heterocycles. The summed E-state index contributed by atoms with van der Waals surface area (Å²) in [6.07, 6.45) is -0.0992. The van der Waals surface area contributed by atoms with E-state index in [4.69, 9.17) is 42.6 Å². The molecule has 0 aliphatic carbocycles. The number of benzene rings is 3. The number of carbonyl (C=O) groups is 1. The summed E-state index contributed by atoms with van der Waals surface area (Å²) in [5, 5.41) is 30.2. The second-order valence-electron chi connectivity index (χ2n) is 19.8. The summed E-state index contributed by atoms with van der Waals surface area (Å²) in [4.78, 5) is 10.5. The summed E-state index contributed by atoms with van der Waals surface area (Å²) >= 11 is 0. The minimum Gasteiger partial charge on any atom is -0.391 e. The third kappa shape index (κ3) is 28.8. The maximum Gasteiger partial charge on any atom is 0.180 e. The van der Waals surface area contributed by atoms with Crippen molar-refractivity contribution in [3.8, 4) is 0 Å². The molecule has 13 nitrogen and oxygen atoms in total. The van der Waals surface area contributed by atoms with Crippen LogP contribution in [0.15, 0.2) is 91.0 Å². The first-order chi connectivity index (χ1) is 34.1. The maximum absolute atomic E-state index is 10.5. The van der Waals surface area contributed by atoms with Crippen molar-refractivity contribution in [2.24, 2.45) is 35.5 Å². The molecule has 3 aromatic carbocycles. The average Bonchev–Trinajstić information content (AvgIpc) is 3.32. The number of aldehydes is 1. The van der Waals surface area contributed by atoms with Crippen molar-refractivity contribution in [3.63, 3.8) is 0 Å². The summed E-state index contributed by atoms with van der Waals surface area (Å²) in [5.74, 6) is 1.51. The van der Waals surface area contributed by atoms with Crippen LogP contribution in [0.5, 0.6) is 0 Å². The van der Waals surface area contributed by atoms with E-state index in [1.165, 1.54) is 16.7 Å². The molecule has 71 heavy (non-hydrogen) atoms. The largest absolute Gasteiger partial charge is 0.391 e. The number of ether oxygens (including phenoxy) is 9. The van der Waals surface area contributed by atoms with Crippen molar-refractivity contribution in [3.05, 3.63) is 108 Å². The fraction of sp³-hybridized carbons (Fsp3) is 0.672. The number of aliphatic hydroxyl groups is 3. The molecular formula is C58H94O13. The van der Waals surface area contributed by atoms with Gasteiger partial charge in [-0.3, -0.25) is 0 Å². The SMILES string of the molecule is CC(C)CO[C@@H]1[C@@H](Cc2ccccc2)COCC(O)O[C@H]1C.CC(C)CO[C@H]([C@H](COCC=O)Cc1ccccc1)[C@H](C)O.CCOC(COC[C@H](Cc1ccccc1)[C@@H](OCC(C)C)[C@H](C)O)OCC. The fourth-order valence-corrected chi connectivity index (χ4v) is 8.25. The summed E-state index contributed by atoms with van der Waals surface area (Å²) in [6, 6.07) is 30.7. The Morgan fingerprint density at radius 1 is 0.592 bits per heavy atom. The molecule has 3 N–H and O–H groups in total. The van der Waals surface area contributed by atoms with Gasteiger partial charge in [0.05, 0.1) is 69.7 Å². The lowest BCUT2D eigenvalue weighted by Crippen LogP contribution is -2.45. The highest BCUT2D eigenvalue weighted by molar-refractivity contribution is 5.50. The molecule has 1 aliphatic rings. The van der Waals surface area contributed by atoms with Gasteiger partial charge < -0.3 is 62.7 Å². The Morgan fingerprint density at radius 3 is 1.46 bits per heavy atom. The maximum atomic E-state index is 10.5. The van der Waals surface area contributed by atoms with Crippen LogP contribution in [0, 0.1) is 35.5 Å². The number of carbonyl (C=O) groups excluding carboxylic acids is 1. The lowest BCUT2D eigenvalue weighted by atomic mass is 9.91. The molecule has 0 amide bonds. The molecule has 0 radical (unpaired) electrons. The van der Waals surface area contributed by atoms with E-state index in [9.17, 15) is 20.1 Å². The Labute approximate surface area is 428 Å². The predicted octanol–water partition coefficient (Wildman–Crippen LogP) is 8.81. The topological polar surface area (TPSA) is 161 Å². The molecule has 1 unspecified atom stereocenters. The molecule has 3 aromatic rings. The highest BCUT2D eigenvalue weighted by Crippen LogP contribution is 2.25. The summed E-state index contributed by atoms with van der Waals surface area (Å²) in [5.41, 5.74) is 3.64. The Hall–Kier alpha value is -3.15. The summed E-state index contributed by atoms with van der Waals surface area (Å²) in [7, 11) is 0. The third-order valence-corrected chi connectivity index (χ3v) is 11.5. The predicted molar refractivity (Wildman–Crippen MR) is 280 cm³/mol. The Morgan fingerprint density at radius 2 is 1.04 bits per heavy atom. The van der Waals surface area contributed by atoms with Crippen LogP contribution in [-0.2, 0) is 66.7 Å². The van der Waals surface area contributed by atoms with E-state index < -0.39 is 18.5 Å².